The second-order valence-corrected chi connectivity index (χ2v) is 3.66. The molecule has 0 radical (unpaired) electrons. The first-order valence-corrected chi connectivity index (χ1v) is 5.12. The summed E-state index contributed by atoms with van der Waals surface area (Å²) in [6.45, 7) is 0. The molecule has 0 saturated carbocycles. The summed E-state index contributed by atoms with van der Waals surface area (Å²) in [6, 6.07) is 4.97. The average molecular weight is 285 g/mol. The van der Waals surface area contributed by atoms with Gasteiger partial charge in [-0.1, -0.05) is 15.9 Å². The minimum absolute atomic E-state index is 0.373. The van der Waals surface area contributed by atoms with Gasteiger partial charge < -0.3 is 9.47 Å². The largest absolute Gasteiger partial charge is 0.466 e. The zero-order valence-corrected chi connectivity index (χ0v) is 10.1. The quantitative estimate of drug-likeness (QED) is 0.369. The summed E-state index contributed by atoms with van der Waals surface area (Å²) in [5, 5.41) is 0. The van der Waals surface area contributed by atoms with Crippen molar-refractivity contribution >= 4 is 28.2 Å². The first-order chi connectivity index (χ1) is 7.67. The molecule has 0 aromatic heterocycles. The number of methoxy groups -OCH3 is 1. The predicted molar refractivity (Wildman–Crippen MR) is 61.3 cm³/mol. The zero-order valence-electron chi connectivity index (χ0n) is 8.48. The van der Waals surface area contributed by atoms with Gasteiger partial charge in [0.1, 0.15) is 5.75 Å². The molecule has 1 aromatic carbocycles. The van der Waals surface area contributed by atoms with Gasteiger partial charge >= 0.3 is 5.97 Å². The number of carbonyl (C=O) groups excluding carboxylic acids is 2. The SMILES string of the molecule is COC(=O)/C=C/Oc1ccc(Br)cc1C=O. The van der Waals surface area contributed by atoms with Crippen molar-refractivity contribution in [3.63, 3.8) is 0 Å². The number of esters is 1. The Morgan fingerprint density at radius 2 is 2.19 bits per heavy atom. The van der Waals surface area contributed by atoms with Gasteiger partial charge in [-0.15, -0.1) is 0 Å². The van der Waals surface area contributed by atoms with Gasteiger partial charge in [-0.25, -0.2) is 4.79 Å². The fourth-order valence-corrected chi connectivity index (χ4v) is 1.33. The van der Waals surface area contributed by atoms with Crippen molar-refractivity contribution in [3.05, 3.63) is 40.6 Å². The van der Waals surface area contributed by atoms with Crippen molar-refractivity contribution in [2.45, 2.75) is 0 Å². The maximum absolute atomic E-state index is 10.7. The van der Waals surface area contributed by atoms with E-state index >= 15 is 0 Å². The molecule has 16 heavy (non-hydrogen) atoms. The molecule has 0 heterocycles. The van der Waals surface area contributed by atoms with E-state index in [4.69, 9.17) is 4.74 Å². The highest BCUT2D eigenvalue weighted by Crippen LogP contribution is 2.21. The third-order valence-electron chi connectivity index (χ3n) is 1.70. The molecule has 0 saturated heterocycles. The number of benzene rings is 1. The van der Waals surface area contributed by atoms with Crippen LogP contribution in [-0.4, -0.2) is 19.4 Å². The molecule has 4 nitrogen and oxygen atoms in total. The lowest BCUT2D eigenvalue weighted by molar-refractivity contribution is -0.134. The topological polar surface area (TPSA) is 52.6 Å². The van der Waals surface area contributed by atoms with Gasteiger partial charge in [0.2, 0.25) is 0 Å². The highest BCUT2D eigenvalue weighted by molar-refractivity contribution is 9.10. The first kappa shape index (κ1) is 12.4. The molecular formula is C11H9BrO4. The van der Waals surface area contributed by atoms with Crippen molar-refractivity contribution in [2.24, 2.45) is 0 Å². The monoisotopic (exact) mass is 284 g/mol. The molecule has 1 aromatic rings. The molecule has 0 N–H and O–H groups in total. The molecule has 0 fully saturated rings. The van der Waals surface area contributed by atoms with Gasteiger partial charge in [0.25, 0.3) is 0 Å². The van der Waals surface area contributed by atoms with Gasteiger partial charge in [-0.2, -0.15) is 0 Å². The van der Waals surface area contributed by atoms with Crippen LogP contribution in [0.1, 0.15) is 10.4 Å². The number of aldehydes is 1. The van der Waals surface area contributed by atoms with Crippen LogP contribution in [0.15, 0.2) is 35.0 Å². The Morgan fingerprint density at radius 3 is 2.81 bits per heavy atom. The molecule has 0 aliphatic rings. The minimum atomic E-state index is -0.523. The van der Waals surface area contributed by atoms with Gasteiger partial charge in [0.05, 0.1) is 25.0 Å². The Morgan fingerprint density at radius 1 is 1.44 bits per heavy atom. The van der Waals surface area contributed by atoms with Crippen LogP contribution in [0.5, 0.6) is 5.75 Å². The smallest absolute Gasteiger partial charge is 0.333 e. The van der Waals surface area contributed by atoms with Crippen molar-refractivity contribution in [1.82, 2.24) is 0 Å². The van der Waals surface area contributed by atoms with E-state index in [2.05, 4.69) is 20.7 Å². The van der Waals surface area contributed by atoms with Gasteiger partial charge in [0, 0.05) is 4.47 Å². The van der Waals surface area contributed by atoms with Crippen molar-refractivity contribution in [3.8, 4) is 5.75 Å². The van der Waals surface area contributed by atoms with E-state index in [1.165, 1.54) is 13.4 Å². The van der Waals surface area contributed by atoms with Crippen molar-refractivity contribution in [2.75, 3.05) is 7.11 Å². The second-order valence-electron chi connectivity index (χ2n) is 2.74. The maximum atomic E-state index is 10.7. The van der Waals surface area contributed by atoms with Crippen molar-refractivity contribution < 1.29 is 19.1 Å². The minimum Gasteiger partial charge on any atom is -0.466 e. The Balaban J connectivity index is 2.77. The normalized spacial score (nSPS) is 10.1. The van der Waals surface area contributed by atoms with E-state index < -0.39 is 5.97 Å². The van der Waals surface area contributed by atoms with E-state index in [0.29, 0.717) is 17.6 Å². The summed E-state index contributed by atoms with van der Waals surface area (Å²) < 4.78 is 10.3. The number of halogens is 1. The lowest BCUT2D eigenvalue weighted by atomic mass is 10.2. The third-order valence-corrected chi connectivity index (χ3v) is 2.19. The second kappa shape index (κ2) is 6.07. The highest BCUT2D eigenvalue weighted by atomic mass is 79.9. The Labute approximate surface area is 101 Å². The number of hydrogen-bond donors (Lipinski definition) is 0. The molecule has 0 amide bonds. The molecule has 5 heteroatoms. The van der Waals surface area contributed by atoms with E-state index in [9.17, 15) is 9.59 Å². The Kier molecular flexibility index (Phi) is 4.72. The van der Waals surface area contributed by atoms with Gasteiger partial charge in [-0.3, -0.25) is 4.79 Å². The molecule has 0 unspecified atom stereocenters. The van der Waals surface area contributed by atoms with Crippen LogP contribution in [0, 0.1) is 0 Å². The summed E-state index contributed by atoms with van der Waals surface area (Å²) in [5.74, 6) is -0.150. The van der Waals surface area contributed by atoms with E-state index in [1.807, 2.05) is 0 Å². The highest BCUT2D eigenvalue weighted by Gasteiger charge is 2.02. The third kappa shape index (κ3) is 3.51. The van der Waals surface area contributed by atoms with Crippen LogP contribution in [0.25, 0.3) is 0 Å². The molecular weight excluding hydrogens is 276 g/mol. The molecule has 1 rings (SSSR count). The van der Waals surface area contributed by atoms with E-state index in [-0.39, 0.29) is 0 Å². The van der Waals surface area contributed by atoms with Crippen molar-refractivity contribution in [1.29, 1.82) is 0 Å². The van der Waals surface area contributed by atoms with Crippen LogP contribution in [0.4, 0.5) is 0 Å². The van der Waals surface area contributed by atoms with Crippen LogP contribution < -0.4 is 4.74 Å². The lowest BCUT2D eigenvalue weighted by Crippen LogP contribution is -1.96. The molecule has 0 bridgehead atoms. The summed E-state index contributed by atoms with van der Waals surface area (Å²) in [4.78, 5) is 21.5. The summed E-state index contributed by atoms with van der Waals surface area (Å²) in [5.41, 5.74) is 0.392. The standard InChI is InChI=1S/C11H9BrO4/c1-15-11(14)4-5-16-10-3-2-9(12)6-8(10)7-13/h2-7H,1H3/b5-4+. The Hall–Kier alpha value is -1.62. The molecule has 0 aliphatic heterocycles. The summed E-state index contributed by atoms with van der Waals surface area (Å²) in [7, 11) is 1.27. The van der Waals surface area contributed by atoms with Crippen LogP contribution in [-0.2, 0) is 9.53 Å². The van der Waals surface area contributed by atoms with Crippen LogP contribution in [0.3, 0.4) is 0 Å². The van der Waals surface area contributed by atoms with Gasteiger partial charge in [-0.05, 0) is 18.2 Å². The van der Waals surface area contributed by atoms with E-state index in [1.54, 1.807) is 18.2 Å². The molecule has 0 aliphatic carbocycles. The first-order valence-electron chi connectivity index (χ1n) is 4.33. The van der Waals surface area contributed by atoms with Crippen LogP contribution >= 0.6 is 15.9 Å². The number of rotatable bonds is 4. The maximum Gasteiger partial charge on any atom is 0.333 e. The fourth-order valence-electron chi connectivity index (χ4n) is 0.950. The molecule has 0 spiro atoms. The van der Waals surface area contributed by atoms with E-state index in [0.717, 1.165) is 10.5 Å². The number of carbonyl (C=O) groups is 2. The molecule has 84 valence electrons. The zero-order chi connectivity index (χ0) is 12.0. The lowest BCUT2D eigenvalue weighted by Gasteiger charge is -2.03. The number of hydrogen-bond acceptors (Lipinski definition) is 4. The average Bonchev–Trinajstić information content (AvgIpc) is 2.30. The Bertz CT molecular complexity index is 426. The van der Waals surface area contributed by atoms with Gasteiger partial charge in [0.15, 0.2) is 6.29 Å². The van der Waals surface area contributed by atoms with Crippen LogP contribution in [0.2, 0.25) is 0 Å². The predicted octanol–water partition coefficient (Wildman–Crippen LogP) is 2.33. The summed E-state index contributed by atoms with van der Waals surface area (Å²) >= 11 is 3.23. The number of ether oxygens (including phenoxy) is 2. The fraction of sp³-hybridized carbons (Fsp3) is 0.0909. The summed E-state index contributed by atoms with van der Waals surface area (Å²) in [6.07, 6.45) is 2.96. The molecule has 0 atom stereocenters.